The predicted molar refractivity (Wildman–Crippen MR) is 81.6 cm³/mol. The highest BCUT2D eigenvalue weighted by Gasteiger charge is 2.26. The lowest BCUT2D eigenvalue weighted by Gasteiger charge is -2.31. The molecule has 1 unspecified atom stereocenters. The van der Waals surface area contributed by atoms with Crippen molar-refractivity contribution in [2.75, 3.05) is 19.6 Å². The molecule has 0 saturated carbocycles. The van der Waals surface area contributed by atoms with Crippen molar-refractivity contribution in [2.45, 2.75) is 19.9 Å². The van der Waals surface area contributed by atoms with Gasteiger partial charge in [0.05, 0.1) is 0 Å². The first-order valence-electron chi connectivity index (χ1n) is 6.67. The molecule has 5 heteroatoms. The van der Waals surface area contributed by atoms with Gasteiger partial charge in [0.1, 0.15) is 5.58 Å². The van der Waals surface area contributed by atoms with Crippen molar-refractivity contribution in [3.63, 3.8) is 0 Å². The second kappa shape index (κ2) is 5.85. The summed E-state index contributed by atoms with van der Waals surface area (Å²) in [4.78, 5) is 14.4. The molecular weight excluding hydrogens is 276 g/mol. The lowest BCUT2D eigenvalue weighted by molar-refractivity contribution is 0.0678. The van der Waals surface area contributed by atoms with Crippen molar-refractivity contribution >= 4 is 29.3 Å². The van der Waals surface area contributed by atoms with E-state index in [2.05, 4.69) is 12.2 Å². The van der Waals surface area contributed by atoms with E-state index in [1.807, 2.05) is 36.1 Å². The van der Waals surface area contributed by atoms with Gasteiger partial charge in [0.15, 0.2) is 5.76 Å². The van der Waals surface area contributed by atoms with Crippen molar-refractivity contribution in [3.05, 3.63) is 35.6 Å². The molecule has 108 valence electrons. The molecular formula is C15H19ClN2O2. The minimum absolute atomic E-state index is 0. The van der Waals surface area contributed by atoms with E-state index in [-0.39, 0.29) is 18.3 Å². The number of hydrogen-bond donors (Lipinski definition) is 1. The summed E-state index contributed by atoms with van der Waals surface area (Å²) in [7, 11) is 0. The Bertz CT molecular complexity index is 623. The summed E-state index contributed by atoms with van der Waals surface area (Å²) in [5, 5.41) is 4.36. The third kappa shape index (κ3) is 2.53. The summed E-state index contributed by atoms with van der Waals surface area (Å²) in [5.74, 6) is 0.484. The number of amides is 1. The van der Waals surface area contributed by atoms with Gasteiger partial charge in [-0.15, -0.1) is 12.4 Å². The van der Waals surface area contributed by atoms with Crippen LogP contribution in [0, 0.1) is 6.92 Å². The highest BCUT2D eigenvalue weighted by Crippen LogP contribution is 2.26. The van der Waals surface area contributed by atoms with Gasteiger partial charge in [-0.3, -0.25) is 4.79 Å². The van der Waals surface area contributed by atoms with Gasteiger partial charge in [-0.25, -0.2) is 0 Å². The molecule has 1 atom stereocenters. The SMILES string of the molecule is Cc1c(C(=O)N2CCNC(C)C2)oc2ccccc12.Cl. The van der Waals surface area contributed by atoms with Gasteiger partial charge in [-0.2, -0.15) is 0 Å². The molecule has 1 aromatic carbocycles. The van der Waals surface area contributed by atoms with Crippen LogP contribution in [0.5, 0.6) is 0 Å². The van der Waals surface area contributed by atoms with E-state index >= 15 is 0 Å². The van der Waals surface area contributed by atoms with Crippen LogP contribution >= 0.6 is 12.4 Å². The zero-order valence-electron chi connectivity index (χ0n) is 11.7. The molecule has 0 aliphatic carbocycles. The number of rotatable bonds is 1. The van der Waals surface area contributed by atoms with Crippen molar-refractivity contribution in [3.8, 4) is 0 Å². The van der Waals surface area contributed by atoms with Crippen LogP contribution in [0.25, 0.3) is 11.0 Å². The molecule has 1 aromatic heterocycles. The van der Waals surface area contributed by atoms with Gasteiger partial charge in [0.25, 0.3) is 5.91 Å². The maximum atomic E-state index is 12.5. The minimum atomic E-state index is 0. The molecule has 1 N–H and O–H groups in total. The van der Waals surface area contributed by atoms with Crippen molar-refractivity contribution < 1.29 is 9.21 Å². The monoisotopic (exact) mass is 294 g/mol. The summed E-state index contributed by atoms with van der Waals surface area (Å²) >= 11 is 0. The summed E-state index contributed by atoms with van der Waals surface area (Å²) < 4.78 is 5.74. The Balaban J connectivity index is 0.00000147. The maximum Gasteiger partial charge on any atom is 0.289 e. The largest absolute Gasteiger partial charge is 0.451 e. The number of carbonyl (C=O) groups is 1. The van der Waals surface area contributed by atoms with Gasteiger partial charge >= 0.3 is 0 Å². The van der Waals surface area contributed by atoms with Crippen LogP contribution in [0.4, 0.5) is 0 Å². The number of halogens is 1. The summed E-state index contributed by atoms with van der Waals surface area (Å²) in [6.07, 6.45) is 0. The van der Waals surface area contributed by atoms with Crippen LogP contribution in [0.1, 0.15) is 23.0 Å². The lowest BCUT2D eigenvalue weighted by atomic mass is 10.1. The van der Waals surface area contributed by atoms with Crippen molar-refractivity contribution in [2.24, 2.45) is 0 Å². The zero-order valence-corrected chi connectivity index (χ0v) is 12.5. The van der Waals surface area contributed by atoms with Crippen molar-refractivity contribution in [1.82, 2.24) is 10.2 Å². The maximum absolute atomic E-state index is 12.5. The predicted octanol–water partition coefficient (Wildman–Crippen LogP) is 2.60. The Labute approximate surface area is 124 Å². The Morgan fingerprint density at radius 2 is 2.15 bits per heavy atom. The molecule has 0 radical (unpaired) electrons. The Morgan fingerprint density at radius 1 is 1.40 bits per heavy atom. The Morgan fingerprint density at radius 3 is 2.85 bits per heavy atom. The third-order valence-electron chi connectivity index (χ3n) is 3.69. The molecule has 1 aliphatic rings. The lowest BCUT2D eigenvalue weighted by Crippen LogP contribution is -2.51. The number of piperazine rings is 1. The van der Waals surface area contributed by atoms with Crippen LogP contribution < -0.4 is 5.32 Å². The molecule has 1 saturated heterocycles. The van der Waals surface area contributed by atoms with E-state index in [1.165, 1.54) is 0 Å². The second-order valence-electron chi connectivity index (χ2n) is 5.16. The molecule has 3 rings (SSSR count). The fourth-order valence-electron chi connectivity index (χ4n) is 2.64. The number of aryl methyl sites for hydroxylation is 1. The topological polar surface area (TPSA) is 45.5 Å². The van der Waals surface area contributed by atoms with E-state index in [1.54, 1.807) is 0 Å². The number of para-hydroxylation sites is 1. The van der Waals surface area contributed by atoms with Gasteiger partial charge in [0, 0.05) is 36.6 Å². The molecule has 1 amide bonds. The smallest absolute Gasteiger partial charge is 0.289 e. The fraction of sp³-hybridized carbons (Fsp3) is 0.400. The van der Waals surface area contributed by atoms with Gasteiger partial charge in [-0.05, 0) is 19.9 Å². The molecule has 4 nitrogen and oxygen atoms in total. The summed E-state index contributed by atoms with van der Waals surface area (Å²) in [5.41, 5.74) is 1.72. The number of furan rings is 1. The number of carbonyl (C=O) groups excluding carboxylic acids is 1. The number of nitrogens with zero attached hydrogens (tertiary/aromatic N) is 1. The van der Waals surface area contributed by atoms with Crippen molar-refractivity contribution in [1.29, 1.82) is 0 Å². The first kappa shape index (κ1) is 14.9. The molecule has 0 spiro atoms. The van der Waals surface area contributed by atoms with E-state index < -0.39 is 0 Å². The quantitative estimate of drug-likeness (QED) is 0.879. The molecule has 2 aromatic rings. The van der Waals surface area contributed by atoms with Crippen LogP contribution in [0.3, 0.4) is 0 Å². The third-order valence-corrected chi connectivity index (χ3v) is 3.69. The molecule has 2 heterocycles. The Hall–Kier alpha value is -1.52. The van der Waals surface area contributed by atoms with Crippen LogP contribution in [0.15, 0.2) is 28.7 Å². The van der Waals surface area contributed by atoms with Crippen LogP contribution in [0.2, 0.25) is 0 Å². The normalized spacial score (nSPS) is 18.9. The molecule has 0 bridgehead atoms. The molecule has 1 fully saturated rings. The Kier molecular flexibility index (Phi) is 4.35. The average molecular weight is 295 g/mol. The van der Waals surface area contributed by atoms with Gasteiger partial charge in [-0.1, -0.05) is 18.2 Å². The van der Waals surface area contributed by atoms with Crippen LogP contribution in [-0.4, -0.2) is 36.5 Å². The van der Waals surface area contributed by atoms with E-state index in [4.69, 9.17) is 4.42 Å². The standard InChI is InChI=1S/C15H18N2O2.ClH/c1-10-9-17(8-7-16-10)15(18)14-11(2)12-5-3-4-6-13(12)19-14;/h3-6,10,16H,7-9H2,1-2H3;1H. The van der Waals surface area contributed by atoms with E-state index in [0.29, 0.717) is 11.8 Å². The number of nitrogens with one attached hydrogen (secondary N) is 1. The number of fused-ring (bicyclic) bond motifs is 1. The summed E-state index contributed by atoms with van der Waals surface area (Å²) in [6, 6.07) is 8.12. The highest BCUT2D eigenvalue weighted by molar-refractivity contribution is 5.99. The first-order chi connectivity index (χ1) is 9.16. The van der Waals surface area contributed by atoms with E-state index in [9.17, 15) is 4.79 Å². The zero-order chi connectivity index (χ0) is 13.4. The number of hydrogen-bond acceptors (Lipinski definition) is 3. The average Bonchev–Trinajstić information content (AvgIpc) is 2.76. The second-order valence-corrected chi connectivity index (χ2v) is 5.16. The summed E-state index contributed by atoms with van der Waals surface area (Å²) in [6.45, 7) is 6.34. The fourth-order valence-corrected chi connectivity index (χ4v) is 2.64. The minimum Gasteiger partial charge on any atom is -0.451 e. The highest BCUT2D eigenvalue weighted by atomic mass is 35.5. The first-order valence-corrected chi connectivity index (χ1v) is 6.67. The van der Waals surface area contributed by atoms with Crippen LogP contribution in [-0.2, 0) is 0 Å². The molecule has 1 aliphatic heterocycles. The number of benzene rings is 1. The van der Waals surface area contributed by atoms with Gasteiger partial charge < -0.3 is 14.6 Å². The van der Waals surface area contributed by atoms with Gasteiger partial charge in [0.2, 0.25) is 0 Å². The molecule has 20 heavy (non-hydrogen) atoms. The van der Waals surface area contributed by atoms with E-state index in [0.717, 1.165) is 36.2 Å².